The van der Waals surface area contributed by atoms with Gasteiger partial charge >= 0.3 is 5.69 Å². The number of nitrogens with zero attached hydrogens (tertiary/aromatic N) is 1. The number of para-hydroxylation sites is 1. The molecule has 3 N–H and O–H groups in total. The van der Waals surface area contributed by atoms with Gasteiger partial charge in [-0.25, -0.2) is 4.79 Å². The number of aliphatic hydroxyl groups excluding tert-OH is 1. The largest absolute Gasteiger partial charge is 0.493 e. The van der Waals surface area contributed by atoms with E-state index in [-0.39, 0.29) is 24.7 Å². The number of rotatable bonds is 8. The summed E-state index contributed by atoms with van der Waals surface area (Å²) in [6.45, 7) is 5.33. The van der Waals surface area contributed by atoms with Crippen LogP contribution in [0.5, 0.6) is 11.5 Å². The normalized spacial score (nSPS) is 16.1. The molecule has 2 heterocycles. The number of fused-ring (bicyclic) bond motifs is 1. The van der Waals surface area contributed by atoms with Crippen LogP contribution < -0.4 is 15.2 Å². The molecule has 168 valence electrons. The van der Waals surface area contributed by atoms with E-state index in [2.05, 4.69) is 14.9 Å². The summed E-state index contributed by atoms with van der Waals surface area (Å²) in [7, 11) is 0. The van der Waals surface area contributed by atoms with Crippen molar-refractivity contribution in [2.45, 2.75) is 25.9 Å². The SMILES string of the molecule is Cc1cc(OCC(O)CN2CCC(COc3ccccc3)CC2)c2[nH]c(=O)[nH]c2c1.Cl. The van der Waals surface area contributed by atoms with Gasteiger partial charge in [0.05, 0.1) is 12.1 Å². The van der Waals surface area contributed by atoms with Crippen molar-refractivity contribution in [1.29, 1.82) is 0 Å². The molecule has 0 radical (unpaired) electrons. The first-order valence-electron chi connectivity index (χ1n) is 10.5. The molecule has 1 aliphatic heterocycles. The fourth-order valence-electron chi connectivity index (χ4n) is 3.96. The molecule has 1 atom stereocenters. The third-order valence-electron chi connectivity index (χ3n) is 5.57. The molecule has 3 aromatic rings. The van der Waals surface area contributed by atoms with Gasteiger partial charge in [-0.1, -0.05) is 18.2 Å². The summed E-state index contributed by atoms with van der Waals surface area (Å²) in [4.78, 5) is 19.3. The predicted octanol–water partition coefficient (Wildman–Crippen LogP) is 3.12. The van der Waals surface area contributed by atoms with E-state index >= 15 is 0 Å². The quantitative estimate of drug-likeness (QED) is 0.493. The van der Waals surface area contributed by atoms with Gasteiger partial charge in [0.2, 0.25) is 0 Å². The van der Waals surface area contributed by atoms with E-state index in [9.17, 15) is 9.90 Å². The van der Waals surface area contributed by atoms with Crippen molar-refractivity contribution in [2.75, 3.05) is 32.8 Å². The average molecular weight is 448 g/mol. The number of aromatic amines is 2. The molecule has 0 aliphatic carbocycles. The second-order valence-corrected chi connectivity index (χ2v) is 8.10. The topological polar surface area (TPSA) is 90.6 Å². The minimum absolute atomic E-state index is 0. The van der Waals surface area contributed by atoms with Crippen molar-refractivity contribution < 1.29 is 14.6 Å². The summed E-state index contributed by atoms with van der Waals surface area (Å²) in [6.07, 6.45) is 1.52. The van der Waals surface area contributed by atoms with Crippen molar-refractivity contribution in [2.24, 2.45) is 5.92 Å². The third-order valence-corrected chi connectivity index (χ3v) is 5.57. The predicted molar refractivity (Wildman–Crippen MR) is 124 cm³/mol. The van der Waals surface area contributed by atoms with Crippen LogP contribution in [0.2, 0.25) is 0 Å². The molecule has 0 spiro atoms. The summed E-state index contributed by atoms with van der Waals surface area (Å²) in [5.74, 6) is 2.04. The minimum Gasteiger partial charge on any atom is -0.493 e. The molecule has 0 amide bonds. The van der Waals surface area contributed by atoms with E-state index in [0.29, 0.717) is 29.2 Å². The Kier molecular flexibility index (Phi) is 8.01. The van der Waals surface area contributed by atoms with Crippen LogP contribution in [0.15, 0.2) is 47.3 Å². The van der Waals surface area contributed by atoms with Gasteiger partial charge in [0.1, 0.15) is 29.7 Å². The van der Waals surface area contributed by atoms with Crippen LogP contribution in [-0.4, -0.2) is 58.9 Å². The van der Waals surface area contributed by atoms with Crippen molar-refractivity contribution >= 4 is 23.4 Å². The number of β-amino-alcohol motifs (C(OH)–C–C–N with tert-alkyl or cyclic N) is 1. The maximum absolute atomic E-state index is 11.6. The lowest BCUT2D eigenvalue weighted by atomic mass is 9.97. The van der Waals surface area contributed by atoms with Gasteiger partial charge in [-0.3, -0.25) is 0 Å². The number of nitrogens with one attached hydrogen (secondary N) is 2. The Morgan fingerprint density at radius 3 is 2.61 bits per heavy atom. The zero-order valence-electron chi connectivity index (χ0n) is 17.7. The van der Waals surface area contributed by atoms with Crippen molar-refractivity contribution in [3.8, 4) is 11.5 Å². The van der Waals surface area contributed by atoms with Crippen LogP contribution in [0.1, 0.15) is 18.4 Å². The average Bonchev–Trinajstić information content (AvgIpc) is 3.12. The van der Waals surface area contributed by atoms with Gasteiger partial charge in [-0.15, -0.1) is 12.4 Å². The lowest BCUT2D eigenvalue weighted by Crippen LogP contribution is -2.41. The summed E-state index contributed by atoms with van der Waals surface area (Å²) in [5, 5.41) is 10.5. The highest BCUT2D eigenvalue weighted by Crippen LogP contribution is 2.24. The summed E-state index contributed by atoms with van der Waals surface area (Å²) >= 11 is 0. The smallest absolute Gasteiger partial charge is 0.323 e. The van der Waals surface area contributed by atoms with Crippen molar-refractivity contribution in [1.82, 2.24) is 14.9 Å². The molecule has 1 fully saturated rings. The summed E-state index contributed by atoms with van der Waals surface area (Å²) < 4.78 is 11.7. The molecular weight excluding hydrogens is 418 g/mol. The molecule has 31 heavy (non-hydrogen) atoms. The van der Waals surface area contributed by atoms with Gasteiger partial charge in [-0.2, -0.15) is 0 Å². The molecule has 1 aromatic heterocycles. The maximum Gasteiger partial charge on any atom is 0.323 e. The lowest BCUT2D eigenvalue weighted by molar-refractivity contribution is 0.0506. The molecule has 1 aliphatic rings. The molecule has 8 heteroatoms. The number of aryl methyl sites for hydroxylation is 1. The fraction of sp³-hybridized carbons (Fsp3) is 0.435. The first kappa shape index (κ1) is 23.2. The summed E-state index contributed by atoms with van der Waals surface area (Å²) in [6, 6.07) is 13.7. The Bertz CT molecular complexity index is 1010. The molecule has 0 saturated carbocycles. The number of aliphatic hydroxyl groups is 1. The fourth-order valence-corrected chi connectivity index (χ4v) is 3.96. The third kappa shape index (κ3) is 6.26. The monoisotopic (exact) mass is 447 g/mol. The molecule has 1 saturated heterocycles. The highest BCUT2D eigenvalue weighted by molar-refractivity contribution is 5.85. The zero-order chi connectivity index (χ0) is 20.9. The molecule has 2 aromatic carbocycles. The van der Waals surface area contributed by atoms with E-state index in [4.69, 9.17) is 9.47 Å². The molecular formula is C23H30ClN3O4. The van der Waals surface area contributed by atoms with Gasteiger partial charge in [0, 0.05) is 6.54 Å². The number of ether oxygens (including phenoxy) is 2. The number of benzene rings is 2. The van der Waals surface area contributed by atoms with E-state index in [1.165, 1.54) is 0 Å². The van der Waals surface area contributed by atoms with E-state index in [0.717, 1.165) is 43.9 Å². The minimum atomic E-state index is -0.594. The van der Waals surface area contributed by atoms with Crippen LogP contribution in [0, 0.1) is 12.8 Å². The Balaban J connectivity index is 0.00000272. The number of hydrogen-bond donors (Lipinski definition) is 3. The number of halogens is 1. The number of hydrogen-bond acceptors (Lipinski definition) is 5. The first-order chi connectivity index (χ1) is 14.6. The summed E-state index contributed by atoms with van der Waals surface area (Å²) in [5.41, 5.74) is 2.07. The Morgan fingerprint density at radius 1 is 1.13 bits per heavy atom. The van der Waals surface area contributed by atoms with E-state index in [1.54, 1.807) is 0 Å². The van der Waals surface area contributed by atoms with Crippen molar-refractivity contribution in [3.63, 3.8) is 0 Å². The van der Waals surface area contributed by atoms with Crippen LogP contribution in [-0.2, 0) is 0 Å². The number of imidazole rings is 1. The van der Waals surface area contributed by atoms with Crippen molar-refractivity contribution in [3.05, 3.63) is 58.5 Å². The number of H-pyrrole nitrogens is 2. The van der Waals surface area contributed by atoms with Crippen LogP contribution in [0.3, 0.4) is 0 Å². The van der Waals surface area contributed by atoms with Gasteiger partial charge in [0.15, 0.2) is 0 Å². The zero-order valence-corrected chi connectivity index (χ0v) is 18.5. The Morgan fingerprint density at radius 2 is 1.87 bits per heavy atom. The first-order valence-corrected chi connectivity index (χ1v) is 10.5. The number of likely N-dealkylation sites (tertiary alicyclic amines) is 1. The van der Waals surface area contributed by atoms with E-state index in [1.807, 2.05) is 49.4 Å². The molecule has 1 unspecified atom stereocenters. The Hall–Kier alpha value is -2.48. The second-order valence-electron chi connectivity index (χ2n) is 8.10. The highest BCUT2D eigenvalue weighted by Gasteiger charge is 2.22. The number of aromatic nitrogens is 2. The van der Waals surface area contributed by atoms with Gasteiger partial charge in [0.25, 0.3) is 0 Å². The molecule has 4 rings (SSSR count). The highest BCUT2D eigenvalue weighted by atomic mass is 35.5. The lowest BCUT2D eigenvalue weighted by Gasteiger charge is -2.33. The standard InChI is InChI=1S/C23H29N3O4.ClH/c1-16-11-20-22(25-23(28)24-20)21(12-16)30-15-18(27)13-26-9-7-17(8-10-26)14-29-19-5-3-2-4-6-19;/h2-6,11-12,17-18,27H,7-10,13-15H2,1H3,(H2,24,25,28);1H. The van der Waals surface area contributed by atoms with E-state index < -0.39 is 6.10 Å². The molecule has 0 bridgehead atoms. The van der Waals surface area contributed by atoms with Crippen LogP contribution in [0.25, 0.3) is 11.0 Å². The maximum atomic E-state index is 11.6. The second kappa shape index (κ2) is 10.7. The molecule has 7 nitrogen and oxygen atoms in total. The van der Waals surface area contributed by atoms with Crippen LogP contribution >= 0.6 is 12.4 Å². The Labute approximate surface area is 187 Å². The van der Waals surface area contributed by atoms with Gasteiger partial charge in [-0.05, 0) is 68.6 Å². The van der Waals surface area contributed by atoms with Gasteiger partial charge < -0.3 is 29.4 Å². The number of piperidine rings is 1. The van der Waals surface area contributed by atoms with Crippen LogP contribution in [0.4, 0.5) is 0 Å².